The van der Waals surface area contributed by atoms with Crippen molar-refractivity contribution in [1.29, 1.82) is 0 Å². The van der Waals surface area contributed by atoms with Crippen molar-refractivity contribution < 1.29 is 9.59 Å². The van der Waals surface area contributed by atoms with Crippen LogP contribution in [-0.4, -0.2) is 65.9 Å². The Morgan fingerprint density at radius 3 is 2.36 bits per heavy atom. The quantitative estimate of drug-likeness (QED) is 0.768. The second-order valence-electron chi connectivity index (χ2n) is 8.19. The Kier molecular flexibility index (Phi) is 6.81. The number of amides is 2. The van der Waals surface area contributed by atoms with E-state index >= 15 is 0 Å². The maximum atomic E-state index is 12.6. The summed E-state index contributed by atoms with van der Waals surface area (Å²) in [5.41, 5.74) is 0.555. The van der Waals surface area contributed by atoms with Crippen molar-refractivity contribution in [2.45, 2.75) is 52.0 Å². The number of piperidine rings is 2. The van der Waals surface area contributed by atoms with Crippen molar-refractivity contribution in [3.05, 3.63) is 22.8 Å². The van der Waals surface area contributed by atoms with Crippen molar-refractivity contribution in [3.8, 4) is 0 Å². The molecule has 0 atom stereocenters. The molecule has 0 spiro atoms. The first-order chi connectivity index (χ1) is 13.4. The van der Waals surface area contributed by atoms with E-state index in [0.29, 0.717) is 16.4 Å². The van der Waals surface area contributed by atoms with Crippen LogP contribution in [0.1, 0.15) is 56.3 Å². The smallest absolute Gasteiger partial charge is 0.255 e. The Hall–Kier alpha value is -1.82. The highest BCUT2D eigenvalue weighted by Gasteiger charge is 2.29. The van der Waals surface area contributed by atoms with Gasteiger partial charge in [-0.15, -0.1) is 0 Å². The van der Waals surface area contributed by atoms with E-state index in [0.717, 1.165) is 51.9 Å². The fourth-order valence-electron chi connectivity index (χ4n) is 3.94. The highest BCUT2D eigenvalue weighted by atomic mass is 35.5. The van der Waals surface area contributed by atoms with Crippen molar-refractivity contribution in [3.63, 3.8) is 0 Å². The number of halogens is 1. The lowest BCUT2D eigenvalue weighted by Crippen LogP contribution is -2.43. The molecule has 1 aromatic heterocycles. The van der Waals surface area contributed by atoms with E-state index in [-0.39, 0.29) is 23.8 Å². The van der Waals surface area contributed by atoms with Crippen LogP contribution in [0.5, 0.6) is 0 Å². The third-order valence-electron chi connectivity index (χ3n) is 5.98. The topological polar surface area (TPSA) is 56.8 Å². The Bertz CT molecular complexity index is 710. The standard InChI is InChI=1S/C21H31ClN4O2/c1-15(2)24(3)20(27)16-7-11-25(12-8-16)19-18(22)13-17(14-23-19)21(28)26-9-5-4-6-10-26/h13-16H,4-12H2,1-3H3. The summed E-state index contributed by atoms with van der Waals surface area (Å²) < 4.78 is 0. The number of pyridine rings is 1. The fraction of sp³-hybridized carbons (Fsp3) is 0.667. The van der Waals surface area contributed by atoms with Gasteiger partial charge in [0, 0.05) is 51.4 Å². The Morgan fingerprint density at radius 2 is 1.79 bits per heavy atom. The molecular weight excluding hydrogens is 376 g/mol. The van der Waals surface area contributed by atoms with Gasteiger partial charge in [0.2, 0.25) is 5.91 Å². The van der Waals surface area contributed by atoms with Crippen LogP contribution in [-0.2, 0) is 4.79 Å². The second-order valence-corrected chi connectivity index (χ2v) is 8.59. The zero-order valence-corrected chi connectivity index (χ0v) is 17.9. The van der Waals surface area contributed by atoms with Gasteiger partial charge < -0.3 is 14.7 Å². The van der Waals surface area contributed by atoms with Crippen LogP contribution in [0.25, 0.3) is 0 Å². The number of carbonyl (C=O) groups excluding carboxylic acids is 2. The van der Waals surface area contributed by atoms with E-state index in [4.69, 9.17) is 11.6 Å². The predicted molar refractivity (Wildman–Crippen MR) is 112 cm³/mol. The molecule has 28 heavy (non-hydrogen) atoms. The van der Waals surface area contributed by atoms with Gasteiger partial charge in [0.15, 0.2) is 0 Å². The van der Waals surface area contributed by atoms with Gasteiger partial charge in [0.05, 0.1) is 10.6 Å². The van der Waals surface area contributed by atoms with Crippen LogP contribution >= 0.6 is 11.6 Å². The molecule has 1 aromatic rings. The first-order valence-corrected chi connectivity index (χ1v) is 10.7. The maximum absolute atomic E-state index is 12.6. The van der Waals surface area contributed by atoms with Gasteiger partial charge >= 0.3 is 0 Å². The number of rotatable bonds is 4. The molecule has 154 valence electrons. The summed E-state index contributed by atoms with van der Waals surface area (Å²) >= 11 is 6.49. The summed E-state index contributed by atoms with van der Waals surface area (Å²) in [7, 11) is 1.87. The highest BCUT2D eigenvalue weighted by Crippen LogP contribution is 2.29. The molecule has 3 heterocycles. The minimum Gasteiger partial charge on any atom is -0.355 e. The lowest BCUT2D eigenvalue weighted by atomic mass is 9.95. The van der Waals surface area contributed by atoms with Gasteiger partial charge in [-0.1, -0.05) is 11.6 Å². The molecule has 0 radical (unpaired) electrons. The molecule has 2 aliphatic heterocycles. The van der Waals surface area contributed by atoms with E-state index in [1.807, 2.05) is 30.7 Å². The second kappa shape index (κ2) is 9.12. The lowest BCUT2D eigenvalue weighted by molar-refractivity contribution is -0.136. The summed E-state index contributed by atoms with van der Waals surface area (Å²) in [4.78, 5) is 35.5. The third-order valence-corrected chi connectivity index (χ3v) is 6.26. The number of hydrogen-bond acceptors (Lipinski definition) is 4. The number of hydrogen-bond donors (Lipinski definition) is 0. The molecule has 0 bridgehead atoms. The largest absolute Gasteiger partial charge is 0.355 e. The van der Waals surface area contributed by atoms with Crippen LogP contribution in [0.15, 0.2) is 12.3 Å². The molecule has 6 nitrogen and oxygen atoms in total. The minimum atomic E-state index is 0.0154. The molecule has 3 rings (SSSR count). The third kappa shape index (κ3) is 4.59. The number of anilines is 1. The van der Waals surface area contributed by atoms with Gasteiger partial charge in [-0.05, 0) is 52.0 Å². The summed E-state index contributed by atoms with van der Waals surface area (Å²) in [6.45, 7) is 7.17. The van der Waals surface area contributed by atoms with Crippen LogP contribution in [0.2, 0.25) is 5.02 Å². The molecule has 0 N–H and O–H groups in total. The van der Waals surface area contributed by atoms with Crippen LogP contribution < -0.4 is 4.90 Å². The number of aromatic nitrogens is 1. The number of carbonyl (C=O) groups is 2. The molecular formula is C21H31ClN4O2. The molecule has 0 unspecified atom stereocenters. The van der Waals surface area contributed by atoms with Gasteiger partial charge in [-0.3, -0.25) is 9.59 Å². The Morgan fingerprint density at radius 1 is 1.14 bits per heavy atom. The first-order valence-electron chi connectivity index (χ1n) is 10.3. The van der Waals surface area contributed by atoms with E-state index in [9.17, 15) is 9.59 Å². The first kappa shape index (κ1) is 20.9. The molecule has 2 fully saturated rings. The highest BCUT2D eigenvalue weighted by molar-refractivity contribution is 6.33. The van der Waals surface area contributed by atoms with Crippen molar-refractivity contribution >= 4 is 29.2 Å². The average Bonchev–Trinajstić information content (AvgIpc) is 2.72. The molecule has 2 saturated heterocycles. The van der Waals surface area contributed by atoms with E-state index in [1.54, 1.807) is 12.3 Å². The van der Waals surface area contributed by atoms with E-state index in [1.165, 1.54) is 6.42 Å². The van der Waals surface area contributed by atoms with Gasteiger partial charge in [-0.25, -0.2) is 4.98 Å². The van der Waals surface area contributed by atoms with E-state index in [2.05, 4.69) is 9.88 Å². The zero-order chi connectivity index (χ0) is 20.3. The monoisotopic (exact) mass is 406 g/mol. The predicted octanol–water partition coefficient (Wildman–Crippen LogP) is 3.44. The summed E-state index contributed by atoms with van der Waals surface area (Å²) in [6.07, 6.45) is 6.54. The van der Waals surface area contributed by atoms with Gasteiger partial charge in [0.1, 0.15) is 5.82 Å². The lowest BCUT2D eigenvalue weighted by Gasteiger charge is -2.35. The maximum Gasteiger partial charge on any atom is 0.255 e. The SMILES string of the molecule is CC(C)N(C)C(=O)C1CCN(c2ncc(C(=O)N3CCCCC3)cc2Cl)CC1. The van der Waals surface area contributed by atoms with Crippen molar-refractivity contribution in [2.75, 3.05) is 38.1 Å². The van der Waals surface area contributed by atoms with Crippen LogP contribution in [0, 0.1) is 5.92 Å². The zero-order valence-electron chi connectivity index (χ0n) is 17.2. The van der Waals surface area contributed by atoms with Crippen molar-refractivity contribution in [2.24, 2.45) is 5.92 Å². The van der Waals surface area contributed by atoms with Crippen LogP contribution in [0.3, 0.4) is 0 Å². The molecule has 7 heteroatoms. The fourth-order valence-corrected chi connectivity index (χ4v) is 4.23. The van der Waals surface area contributed by atoms with Gasteiger partial charge in [0.25, 0.3) is 5.91 Å². The van der Waals surface area contributed by atoms with Gasteiger partial charge in [-0.2, -0.15) is 0 Å². The average molecular weight is 407 g/mol. The molecule has 0 aromatic carbocycles. The molecule has 0 aliphatic carbocycles. The summed E-state index contributed by atoms with van der Waals surface area (Å²) in [6, 6.07) is 1.96. The summed E-state index contributed by atoms with van der Waals surface area (Å²) in [5.74, 6) is 1.00. The molecule has 0 saturated carbocycles. The van der Waals surface area contributed by atoms with Crippen LogP contribution in [0.4, 0.5) is 5.82 Å². The summed E-state index contributed by atoms with van der Waals surface area (Å²) in [5, 5.41) is 0.506. The normalized spacial score (nSPS) is 18.5. The van der Waals surface area contributed by atoms with Crippen molar-refractivity contribution in [1.82, 2.24) is 14.8 Å². The van der Waals surface area contributed by atoms with E-state index < -0.39 is 0 Å². The molecule has 2 aliphatic rings. The number of nitrogens with zero attached hydrogens (tertiary/aromatic N) is 4. The Balaban J connectivity index is 1.62. The Labute approximate surface area is 172 Å². The number of likely N-dealkylation sites (tertiary alicyclic amines) is 1. The molecule has 2 amide bonds. The minimum absolute atomic E-state index is 0.0154.